The van der Waals surface area contributed by atoms with Crippen molar-refractivity contribution in [3.63, 3.8) is 0 Å². The molecule has 4 aliphatic rings. The molecule has 0 aromatic carbocycles. The third kappa shape index (κ3) is 3.28. The first-order valence-electron chi connectivity index (χ1n) is 11.4. The van der Waals surface area contributed by atoms with Gasteiger partial charge in [0.15, 0.2) is 0 Å². The maximum absolute atomic E-state index is 14.8. The van der Waals surface area contributed by atoms with Crippen LogP contribution in [-0.4, -0.2) is 17.0 Å². The molecule has 4 rings (SSSR count). The molecular weight excluding hydrogens is 311 g/mol. The maximum Gasteiger partial charge on any atom is 0.0970 e. The molecule has 1 aliphatic heterocycles. The fraction of sp³-hybridized carbons (Fsp3) is 1.00. The van der Waals surface area contributed by atoms with Gasteiger partial charge in [-0.1, -0.05) is 57.8 Å². The van der Waals surface area contributed by atoms with Crippen LogP contribution in [-0.2, 0) is 4.57 Å². The standard InChI is InChI=1S/C22H39OP/c23-24(20-14-8-3-9-15-20)21(18-10-4-1-5-11-18)16-17-22(24)19-12-6-2-7-13-19/h18-22H,1-17H2/t21-,22-/m0/s1. The molecule has 0 amide bonds. The van der Waals surface area contributed by atoms with Crippen LogP contribution in [0.5, 0.6) is 0 Å². The molecule has 0 radical (unpaired) electrons. The highest BCUT2D eigenvalue weighted by molar-refractivity contribution is 7.66. The third-order valence-corrected chi connectivity index (χ3v) is 13.4. The van der Waals surface area contributed by atoms with E-state index in [0.717, 1.165) is 11.8 Å². The summed E-state index contributed by atoms with van der Waals surface area (Å²) in [4.78, 5) is 0. The molecule has 3 saturated carbocycles. The fourth-order valence-corrected chi connectivity index (χ4v) is 13.0. The van der Waals surface area contributed by atoms with Crippen molar-refractivity contribution in [2.24, 2.45) is 11.8 Å². The lowest BCUT2D eigenvalue weighted by atomic mass is 9.83. The summed E-state index contributed by atoms with van der Waals surface area (Å²) in [5, 5.41) is 0. The van der Waals surface area contributed by atoms with Crippen molar-refractivity contribution in [1.29, 1.82) is 0 Å². The Labute approximate surface area is 150 Å². The zero-order chi connectivity index (χ0) is 16.4. The molecule has 0 aromatic heterocycles. The van der Waals surface area contributed by atoms with Crippen LogP contribution in [0, 0.1) is 11.8 Å². The van der Waals surface area contributed by atoms with Gasteiger partial charge in [-0.05, 0) is 63.2 Å². The van der Waals surface area contributed by atoms with E-state index in [1.807, 2.05) is 0 Å². The first kappa shape index (κ1) is 17.6. The van der Waals surface area contributed by atoms with Gasteiger partial charge >= 0.3 is 0 Å². The lowest BCUT2D eigenvalue weighted by Gasteiger charge is -2.42. The minimum absolute atomic E-state index is 0.632. The molecule has 138 valence electrons. The van der Waals surface area contributed by atoms with Crippen LogP contribution in [0.3, 0.4) is 0 Å². The van der Waals surface area contributed by atoms with Gasteiger partial charge in [-0.3, -0.25) is 0 Å². The van der Waals surface area contributed by atoms with Crippen molar-refractivity contribution in [2.75, 3.05) is 0 Å². The summed E-state index contributed by atoms with van der Waals surface area (Å²) in [6.45, 7) is 0. The third-order valence-electron chi connectivity index (χ3n) is 8.33. The summed E-state index contributed by atoms with van der Waals surface area (Å²) in [5.74, 6) is 1.67. The summed E-state index contributed by atoms with van der Waals surface area (Å²) in [6, 6.07) is 0. The van der Waals surface area contributed by atoms with E-state index in [-0.39, 0.29) is 0 Å². The van der Waals surface area contributed by atoms with E-state index in [4.69, 9.17) is 0 Å². The summed E-state index contributed by atoms with van der Waals surface area (Å²) < 4.78 is 14.8. The zero-order valence-electron chi connectivity index (χ0n) is 15.8. The van der Waals surface area contributed by atoms with Gasteiger partial charge in [0, 0.05) is 17.0 Å². The van der Waals surface area contributed by atoms with Crippen LogP contribution in [0.1, 0.15) is 109 Å². The van der Waals surface area contributed by atoms with Gasteiger partial charge in [0.1, 0.15) is 0 Å². The lowest BCUT2D eigenvalue weighted by Crippen LogP contribution is -2.31. The van der Waals surface area contributed by atoms with Crippen LogP contribution in [0.2, 0.25) is 0 Å². The zero-order valence-corrected chi connectivity index (χ0v) is 16.7. The summed E-state index contributed by atoms with van der Waals surface area (Å²) in [6.07, 6.45) is 23.6. The highest BCUT2D eigenvalue weighted by Crippen LogP contribution is 2.73. The van der Waals surface area contributed by atoms with Gasteiger partial charge < -0.3 is 4.57 Å². The highest BCUT2D eigenvalue weighted by Gasteiger charge is 2.54. The molecule has 0 unspecified atom stereocenters. The van der Waals surface area contributed by atoms with Gasteiger partial charge in [0.2, 0.25) is 0 Å². The topological polar surface area (TPSA) is 17.1 Å². The van der Waals surface area contributed by atoms with E-state index >= 15 is 0 Å². The first-order chi connectivity index (χ1) is 11.8. The Morgan fingerprint density at radius 2 is 0.833 bits per heavy atom. The van der Waals surface area contributed by atoms with Gasteiger partial charge in [-0.15, -0.1) is 0 Å². The van der Waals surface area contributed by atoms with Crippen molar-refractivity contribution in [3.05, 3.63) is 0 Å². The molecule has 1 heterocycles. The average molecular weight is 351 g/mol. The molecule has 2 heteroatoms. The molecule has 24 heavy (non-hydrogen) atoms. The molecule has 1 nitrogen and oxygen atoms in total. The maximum atomic E-state index is 14.8. The van der Waals surface area contributed by atoms with Crippen molar-refractivity contribution >= 4 is 7.14 Å². The van der Waals surface area contributed by atoms with Gasteiger partial charge in [0.05, 0.1) is 7.14 Å². The summed E-state index contributed by atoms with van der Waals surface area (Å²) in [5.41, 5.74) is 1.92. The Kier molecular flexibility index (Phi) is 5.77. The largest absolute Gasteiger partial charge is 0.323 e. The van der Waals surface area contributed by atoms with E-state index in [9.17, 15) is 4.57 Å². The monoisotopic (exact) mass is 350 g/mol. The number of hydrogen-bond donors (Lipinski definition) is 0. The SMILES string of the molecule is O=P1(C2CCCCC2)[C@H](C2CCCCC2)CC[C@H]1C1CCCCC1. The molecular formula is C22H39OP. The van der Waals surface area contributed by atoms with Crippen LogP contribution >= 0.6 is 7.14 Å². The van der Waals surface area contributed by atoms with Gasteiger partial charge in [0.25, 0.3) is 0 Å². The second-order valence-electron chi connectivity index (χ2n) is 9.56. The van der Waals surface area contributed by atoms with E-state index in [2.05, 4.69) is 0 Å². The Morgan fingerprint density at radius 3 is 1.25 bits per heavy atom. The fourth-order valence-electron chi connectivity index (χ4n) is 7.19. The lowest BCUT2D eigenvalue weighted by molar-refractivity contribution is 0.332. The van der Waals surface area contributed by atoms with Crippen LogP contribution in [0.15, 0.2) is 0 Å². The number of rotatable bonds is 3. The Bertz CT molecular complexity index is 411. The minimum atomic E-state index is -2.00. The second kappa shape index (κ2) is 7.85. The van der Waals surface area contributed by atoms with Crippen LogP contribution in [0.25, 0.3) is 0 Å². The molecule has 0 spiro atoms. The van der Waals surface area contributed by atoms with Gasteiger partial charge in [-0.25, -0.2) is 0 Å². The van der Waals surface area contributed by atoms with Crippen molar-refractivity contribution in [2.45, 2.75) is 126 Å². The minimum Gasteiger partial charge on any atom is -0.323 e. The first-order valence-corrected chi connectivity index (χ1v) is 13.3. The molecule has 2 atom stereocenters. The van der Waals surface area contributed by atoms with E-state index in [0.29, 0.717) is 17.0 Å². The quantitative estimate of drug-likeness (QED) is 0.485. The predicted molar refractivity (Wildman–Crippen MR) is 104 cm³/mol. The Hall–Kier alpha value is 0.230. The number of hydrogen-bond acceptors (Lipinski definition) is 1. The van der Waals surface area contributed by atoms with Crippen molar-refractivity contribution < 1.29 is 4.57 Å². The normalized spacial score (nSPS) is 36.8. The van der Waals surface area contributed by atoms with Crippen LogP contribution in [0.4, 0.5) is 0 Å². The predicted octanol–water partition coefficient (Wildman–Crippen LogP) is 7.37. The van der Waals surface area contributed by atoms with E-state index in [1.54, 1.807) is 0 Å². The van der Waals surface area contributed by atoms with Crippen LogP contribution < -0.4 is 0 Å². The molecule has 1 saturated heterocycles. The smallest absolute Gasteiger partial charge is 0.0970 e. The van der Waals surface area contributed by atoms with E-state index in [1.165, 1.54) is 109 Å². The Balaban J connectivity index is 1.59. The average Bonchev–Trinajstić information content (AvgIpc) is 3.02. The molecule has 3 aliphatic carbocycles. The molecule has 0 N–H and O–H groups in total. The molecule has 0 bridgehead atoms. The second-order valence-corrected chi connectivity index (χ2v) is 13.1. The van der Waals surface area contributed by atoms with Crippen molar-refractivity contribution in [1.82, 2.24) is 0 Å². The highest BCUT2D eigenvalue weighted by atomic mass is 31.2. The van der Waals surface area contributed by atoms with Gasteiger partial charge in [-0.2, -0.15) is 0 Å². The van der Waals surface area contributed by atoms with E-state index < -0.39 is 7.14 Å². The van der Waals surface area contributed by atoms with Crippen molar-refractivity contribution in [3.8, 4) is 0 Å². The molecule has 4 fully saturated rings. The molecule has 0 aromatic rings. The summed E-state index contributed by atoms with van der Waals surface area (Å²) >= 11 is 0. The Morgan fingerprint density at radius 1 is 0.458 bits per heavy atom. The summed E-state index contributed by atoms with van der Waals surface area (Å²) in [7, 11) is -2.00.